The average molecular weight is 261 g/mol. The summed E-state index contributed by atoms with van der Waals surface area (Å²) < 4.78 is 0. The molecular formula is C14H19N3O2. The minimum atomic E-state index is -0.836. The van der Waals surface area contributed by atoms with Crippen LogP contribution in [-0.2, 0) is 16.1 Å². The second kappa shape index (κ2) is 5.38. The number of nitrogens with zero attached hydrogens (tertiary/aromatic N) is 1. The monoisotopic (exact) mass is 261 g/mol. The maximum absolute atomic E-state index is 12.1. The smallest absolute Gasteiger partial charge is 0.235 e. The van der Waals surface area contributed by atoms with E-state index in [1.807, 2.05) is 26.0 Å². The zero-order valence-corrected chi connectivity index (χ0v) is 11.3. The van der Waals surface area contributed by atoms with Gasteiger partial charge in [0.05, 0.1) is 0 Å². The van der Waals surface area contributed by atoms with Gasteiger partial charge in [-0.05, 0) is 44.4 Å². The van der Waals surface area contributed by atoms with Crippen LogP contribution in [0.3, 0.4) is 0 Å². The molecule has 0 saturated heterocycles. The molecule has 2 amide bonds. The number of nitrogens with one attached hydrogen (secondary N) is 2. The van der Waals surface area contributed by atoms with E-state index in [1.54, 1.807) is 12.4 Å². The lowest BCUT2D eigenvalue weighted by atomic mass is 10.0. The van der Waals surface area contributed by atoms with E-state index in [0.29, 0.717) is 19.4 Å². The maximum atomic E-state index is 12.1. The van der Waals surface area contributed by atoms with Gasteiger partial charge in [-0.2, -0.15) is 0 Å². The van der Waals surface area contributed by atoms with Gasteiger partial charge in [0.15, 0.2) is 0 Å². The third-order valence-electron chi connectivity index (χ3n) is 3.24. The highest BCUT2D eigenvalue weighted by Gasteiger charge is 2.56. The van der Waals surface area contributed by atoms with Crippen molar-refractivity contribution in [2.24, 2.45) is 5.41 Å². The molecule has 1 aromatic heterocycles. The van der Waals surface area contributed by atoms with Crippen LogP contribution in [0.15, 0.2) is 24.5 Å². The van der Waals surface area contributed by atoms with Crippen LogP contribution < -0.4 is 10.6 Å². The summed E-state index contributed by atoms with van der Waals surface area (Å²) in [6.45, 7) is 4.21. The summed E-state index contributed by atoms with van der Waals surface area (Å²) >= 11 is 0. The standard InChI is InChI=1S/C14H19N3O2/c1-10(2)17-13(19)14(5-6-14)12(18)16-9-11-3-7-15-8-4-11/h3-4,7-8,10H,5-6,9H2,1-2H3,(H,16,18)(H,17,19). The fraction of sp³-hybridized carbons (Fsp3) is 0.500. The van der Waals surface area contributed by atoms with Gasteiger partial charge < -0.3 is 10.6 Å². The third kappa shape index (κ3) is 3.10. The summed E-state index contributed by atoms with van der Waals surface area (Å²) in [6, 6.07) is 3.74. The highest BCUT2D eigenvalue weighted by molar-refractivity contribution is 6.07. The fourth-order valence-electron chi connectivity index (χ4n) is 1.93. The Kier molecular flexibility index (Phi) is 3.83. The lowest BCUT2D eigenvalue weighted by Gasteiger charge is -2.17. The van der Waals surface area contributed by atoms with Crippen LogP contribution in [0.4, 0.5) is 0 Å². The Morgan fingerprint density at radius 3 is 2.42 bits per heavy atom. The summed E-state index contributed by atoms with van der Waals surface area (Å²) in [5, 5.41) is 5.64. The lowest BCUT2D eigenvalue weighted by molar-refractivity contribution is -0.137. The molecule has 1 saturated carbocycles. The van der Waals surface area contributed by atoms with Crippen molar-refractivity contribution >= 4 is 11.8 Å². The average Bonchev–Trinajstić information content (AvgIpc) is 3.18. The lowest BCUT2D eigenvalue weighted by Crippen LogP contribution is -2.44. The predicted molar refractivity (Wildman–Crippen MR) is 71.0 cm³/mol. The highest BCUT2D eigenvalue weighted by Crippen LogP contribution is 2.46. The molecule has 0 aliphatic heterocycles. The Morgan fingerprint density at radius 2 is 1.89 bits per heavy atom. The quantitative estimate of drug-likeness (QED) is 0.777. The molecule has 1 heterocycles. The number of carbonyl (C=O) groups is 2. The van der Waals surface area contributed by atoms with Crippen molar-refractivity contribution in [2.45, 2.75) is 39.3 Å². The van der Waals surface area contributed by atoms with Crippen molar-refractivity contribution in [1.29, 1.82) is 0 Å². The summed E-state index contributed by atoms with van der Waals surface area (Å²) in [7, 11) is 0. The Bertz CT molecular complexity index is 467. The Morgan fingerprint density at radius 1 is 1.26 bits per heavy atom. The molecule has 0 radical (unpaired) electrons. The topological polar surface area (TPSA) is 71.1 Å². The summed E-state index contributed by atoms with van der Waals surface area (Å²) in [5.74, 6) is -0.336. The first-order valence-electron chi connectivity index (χ1n) is 6.53. The second-order valence-electron chi connectivity index (χ2n) is 5.25. The molecule has 102 valence electrons. The van der Waals surface area contributed by atoms with E-state index in [4.69, 9.17) is 0 Å². The van der Waals surface area contributed by atoms with Crippen molar-refractivity contribution in [2.75, 3.05) is 0 Å². The number of pyridine rings is 1. The van der Waals surface area contributed by atoms with Crippen LogP contribution in [0.1, 0.15) is 32.3 Å². The number of rotatable bonds is 5. The molecule has 0 bridgehead atoms. The van der Waals surface area contributed by atoms with Crippen LogP contribution in [0.25, 0.3) is 0 Å². The number of hydrogen-bond acceptors (Lipinski definition) is 3. The Labute approximate surface area is 112 Å². The number of carbonyl (C=O) groups excluding carboxylic acids is 2. The number of amides is 2. The van der Waals surface area contributed by atoms with E-state index >= 15 is 0 Å². The van der Waals surface area contributed by atoms with Gasteiger partial charge in [-0.1, -0.05) is 0 Å². The summed E-state index contributed by atoms with van der Waals surface area (Å²) in [4.78, 5) is 28.1. The Hall–Kier alpha value is -1.91. The molecule has 19 heavy (non-hydrogen) atoms. The summed E-state index contributed by atoms with van der Waals surface area (Å²) in [5.41, 5.74) is 0.139. The predicted octanol–water partition coefficient (Wildman–Crippen LogP) is 1.00. The molecule has 0 aromatic carbocycles. The minimum absolute atomic E-state index is 0.0537. The molecule has 2 rings (SSSR count). The van der Waals surface area contributed by atoms with E-state index < -0.39 is 5.41 Å². The van der Waals surface area contributed by atoms with Gasteiger partial charge in [-0.25, -0.2) is 0 Å². The van der Waals surface area contributed by atoms with Crippen molar-refractivity contribution in [3.8, 4) is 0 Å². The van der Waals surface area contributed by atoms with Gasteiger partial charge in [-0.15, -0.1) is 0 Å². The Balaban J connectivity index is 1.91. The third-order valence-corrected chi connectivity index (χ3v) is 3.24. The van der Waals surface area contributed by atoms with Gasteiger partial charge in [0, 0.05) is 25.0 Å². The van der Waals surface area contributed by atoms with E-state index in [2.05, 4.69) is 15.6 Å². The molecule has 5 nitrogen and oxygen atoms in total. The molecular weight excluding hydrogens is 242 g/mol. The van der Waals surface area contributed by atoms with Crippen LogP contribution in [-0.4, -0.2) is 22.8 Å². The second-order valence-corrected chi connectivity index (χ2v) is 5.25. The van der Waals surface area contributed by atoms with E-state index in [-0.39, 0.29) is 17.9 Å². The molecule has 1 fully saturated rings. The van der Waals surface area contributed by atoms with Crippen LogP contribution in [0, 0.1) is 5.41 Å². The van der Waals surface area contributed by atoms with Gasteiger partial charge in [0.1, 0.15) is 5.41 Å². The first-order valence-corrected chi connectivity index (χ1v) is 6.53. The molecule has 1 aromatic rings. The van der Waals surface area contributed by atoms with Gasteiger partial charge in [-0.3, -0.25) is 14.6 Å². The number of aromatic nitrogens is 1. The molecule has 0 atom stereocenters. The van der Waals surface area contributed by atoms with Gasteiger partial charge >= 0.3 is 0 Å². The first-order chi connectivity index (χ1) is 9.04. The molecule has 2 N–H and O–H groups in total. The largest absolute Gasteiger partial charge is 0.353 e. The van der Waals surface area contributed by atoms with Crippen LogP contribution in [0.2, 0.25) is 0 Å². The van der Waals surface area contributed by atoms with Crippen LogP contribution >= 0.6 is 0 Å². The van der Waals surface area contributed by atoms with Crippen molar-refractivity contribution in [1.82, 2.24) is 15.6 Å². The molecule has 0 spiro atoms. The molecule has 5 heteroatoms. The van der Waals surface area contributed by atoms with Crippen molar-refractivity contribution < 1.29 is 9.59 Å². The molecule has 1 aliphatic carbocycles. The fourth-order valence-corrected chi connectivity index (χ4v) is 1.93. The highest BCUT2D eigenvalue weighted by atomic mass is 16.2. The van der Waals surface area contributed by atoms with Crippen molar-refractivity contribution in [3.05, 3.63) is 30.1 Å². The first kappa shape index (κ1) is 13.5. The normalized spacial score (nSPS) is 15.9. The van der Waals surface area contributed by atoms with E-state index in [9.17, 15) is 9.59 Å². The van der Waals surface area contributed by atoms with E-state index in [0.717, 1.165) is 5.56 Å². The summed E-state index contributed by atoms with van der Waals surface area (Å²) in [6.07, 6.45) is 4.63. The zero-order chi connectivity index (χ0) is 13.9. The molecule has 0 unspecified atom stereocenters. The zero-order valence-electron chi connectivity index (χ0n) is 11.3. The molecule has 1 aliphatic rings. The van der Waals surface area contributed by atoms with Gasteiger partial charge in [0.2, 0.25) is 11.8 Å². The maximum Gasteiger partial charge on any atom is 0.235 e. The SMILES string of the molecule is CC(C)NC(=O)C1(C(=O)NCc2ccncc2)CC1. The number of hydrogen-bond donors (Lipinski definition) is 2. The van der Waals surface area contributed by atoms with Crippen LogP contribution in [0.5, 0.6) is 0 Å². The van der Waals surface area contributed by atoms with E-state index in [1.165, 1.54) is 0 Å². The minimum Gasteiger partial charge on any atom is -0.353 e. The van der Waals surface area contributed by atoms with Crippen molar-refractivity contribution in [3.63, 3.8) is 0 Å². The van der Waals surface area contributed by atoms with Gasteiger partial charge in [0.25, 0.3) is 0 Å².